The lowest BCUT2D eigenvalue weighted by atomic mass is 10.1. The number of allylic oxidation sites excluding steroid dienone is 1. The van der Waals surface area contributed by atoms with Gasteiger partial charge in [-0.25, -0.2) is 0 Å². The van der Waals surface area contributed by atoms with E-state index < -0.39 is 0 Å². The van der Waals surface area contributed by atoms with Crippen molar-refractivity contribution in [3.8, 4) is 11.5 Å². The number of carbonyl (C=O) groups is 2. The van der Waals surface area contributed by atoms with Crippen LogP contribution in [0.25, 0.3) is 6.08 Å². The van der Waals surface area contributed by atoms with Gasteiger partial charge in [-0.05, 0) is 56.5 Å². The number of carbonyl (C=O) groups excluding carboxylic acids is 2. The second-order valence-corrected chi connectivity index (χ2v) is 7.27. The van der Waals surface area contributed by atoms with Crippen LogP contribution in [0.2, 0.25) is 0 Å². The molecule has 0 bridgehead atoms. The number of amides is 2. The molecule has 0 aliphatic heterocycles. The van der Waals surface area contributed by atoms with Crippen LogP contribution in [0.3, 0.4) is 0 Å². The fraction of sp³-hybridized carbons (Fsp3) is 0.333. The van der Waals surface area contributed by atoms with Gasteiger partial charge in [0.2, 0.25) is 5.91 Å². The van der Waals surface area contributed by atoms with Gasteiger partial charge in [0.25, 0.3) is 5.91 Å². The van der Waals surface area contributed by atoms with Crippen LogP contribution in [-0.2, 0) is 9.59 Å². The van der Waals surface area contributed by atoms with Gasteiger partial charge >= 0.3 is 0 Å². The highest BCUT2D eigenvalue weighted by molar-refractivity contribution is 5.95. The molecule has 0 heterocycles. The second-order valence-electron chi connectivity index (χ2n) is 7.27. The molecule has 0 saturated heterocycles. The Morgan fingerprint density at radius 2 is 1.73 bits per heavy atom. The maximum atomic E-state index is 12.4. The Hall–Kier alpha value is -3.28. The van der Waals surface area contributed by atoms with Gasteiger partial charge < -0.3 is 19.7 Å². The van der Waals surface area contributed by atoms with E-state index in [0.717, 1.165) is 27.9 Å². The number of anilines is 1. The van der Waals surface area contributed by atoms with Crippen LogP contribution in [0.5, 0.6) is 11.5 Å². The standard InChI is InChI=1S/C24H30N2O4/c1-7-8-19-9-10-20(21(13-19)29-6)30-15-23(28)26(5)14-22(27)25-24-17(3)11-16(2)12-18(24)4/h7-13H,14-15H2,1-6H3,(H,25,27)/b8-7+. The minimum Gasteiger partial charge on any atom is -0.493 e. The van der Waals surface area contributed by atoms with Crippen molar-refractivity contribution in [1.29, 1.82) is 0 Å². The number of ether oxygens (including phenoxy) is 2. The van der Waals surface area contributed by atoms with Crippen molar-refractivity contribution in [3.05, 3.63) is 58.7 Å². The molecule has 0 atom stereocenters. The van der Waals surface area contributed by atoms with Crippen LogP contribution < -0.4 is 14.8 Å². The molecular weight excluding hydrogens is 380 g/mol. The highest BCUT2D eigenvalue weighted by atomic mass is 16.5. The molecule has 6 heteroatoms. The van der Waals surface area contributed by atoms with Crippen molar-refractivity contribution in [3.63, 3.8) is 0 Å². The summed E-state index contributed by atoms with van der Waals surface area (Å²) in [5.41, 5.74) is 4.89. The number of rotatable bonds is 8. The van der Waals surface area contributed by atoms with Gasteiger partial charge in [0.1, 0.15) is 0 Å². The van der Waals surface area contributed by atoms with Gasteiger partial charge in [0.05, 0.1) is 13.7 Å². The van der Waals surface area contributed by atoms with Crippen molar-refractivity contribution in [2.24, 2.45) is 0 Å². The zero-order valence-corrected chi connectivity index (χ0v) is 18.5. The minimum absolute atomic E-state index is 0.0632. The molecule has 0 aliphatic rings. The number of methoxy groups -OCH3 is 1. The topological polar surface area (TPSA) is 67.9 Å². The zero-order valence-electron chi connectivity index (χ0n) is 18.5. The van der Waals surface area contributed by atoms with Crippen LogP contribution in [0.1, 0.15) is 29.2 Å². The molecule has 0 aliphatic carbocycles. The Bertz CT molecular complexity index is 927. The predicted octanol–water partition coefficient (Wildman–Crippen LogP) is 4.13. The number of hydrogen-bond acceptors (Lipinski definition) is 4. The smallest absolute Gasteiger partial charge is 0.260 e. The van der Waals surface area contributed by atoms with E-state index in [-0.39, 0.29) is 25.0 Å². The lowest BCUT2D eigenvalue weighted by Crippen LogP contribution is -2.37. The third-order valence-corrected chi connectivity index (χ3v) is 4.65. The molecule has 2 rings (SSSR count). The van der Waals surface area contributed by atoms with E-state index in [1.54, 1.807) is 20.2 Å². The summed E-state index contributed by atoms with van der Waals surface area (Å²) in [5, 5.41) is 2.90. The Labute approximate surface area is 178 Å². The summed E-state index contributed by atoms with van der Waals surface area (Å²) in [4.78, 5) is 26.2. The number of aryl methyl sites for hydroxylation is 3. The van der Waals surface area contributed by atoms with Crippen LogP contribution >= 0.6 is 0 Å². The largest absolute Gasteiger partial charge is 0.493 e. The third-order valence-electron chi connectivity index (χ3n) is 4.65. The Morgan fingerprint density at radius 3 is 2.33 bits per heavy atom. The summed E-state index contributed by atoms with van der Waals surface area (Å²) in [6.07, 6.45) is 3.87. The first-order valence-electron chi connectivity index (χ1n) is 9.80. The van der Waals surface area contributed by atoms with Gasteiger partial charge in [0.15, 0.2) is 18.1 Å². The molecule has 1 N–H and O–H groups in total. The van der Waals surface area contributed by atoms with Crippen molar-refractivity contribution < 1.29 is 19.1 Å². The maximum absolute atomic E-state index is 12.4. The first kappa shape index (κ1) is 23.0. The average Bonchev–Trinajstić information content (AvgIpc) is 2.69. The Morgan fingerprint density at radius 1 is 1.07 bits per heavy atom. The van der Waals surface area contributed by atoms with E-state index >= 15 is 0 Å². The summed E-state index contributed by atoms with van der Waals surface area (Å²) >= 11 is 0. The molecular formula is C24H30N2O4. The third kappa shape index (κ3) is 6.11. The summed E-state index contributed by atoms with van der Waals surface area (Å²) in [7, 11) is 3.13. The van der Waals surface area contributed by atoms with Crippen molar-refractivity contribution in [2.45, 2.75) is 27.7 Å². The Kier molecular flexibility index (Phi) is 8.04. The Balaban J connectivity index is 1.94. The summed E-state index contributed by atoms with van der Waals surface area (Å²) in [5.74, 6) is 0.461. The van der Waals surface area contributed by atoms with E-state index in [2.05, 4.69) is 5.32 Å². The van der Waals surface area contributed by atoms with Crippen LogP contribution in [0, 0.1) is 20.8 Å². The van der Waals surface area contributed by atoms with Crippen molar-refractivity contribution in [2.75, 3.05) is 32.6 Å². The monoisotopic (exact) mass is 410 g/mol. The number of hydrogen-bond donors (Lipinski definition) is 1. The van der Waals surface area contributed by atoms with E-state index in [1.165, 1.54) is 4.90 Å². The molecule has 6 nitrogen and oxygen atoms in total. The zero-order chi connectivity index (χ0) is 22.3. The number of likely N-dealkylation sites (N-methyl/N-ethyl adjacent to an activating group) is 1. The highest BCUT2D eigenvalue weighted by Gasteiger charge is 2.16. The minimum atomic E-state index is -0.304. The molecule has 2 aromatic rings. The number of nitrogens with zero attached hydrogens (tertiary/aromatic N) is 1. The van der Waals surface area contributed by atoms with E-state index in [9.17, 15) is 9.59 Å². The normalized spacial score (nSPS) is 10.7. The average molecular weight is 411 g/mol. The molecule has 0 aromatic heterocycles. The molecule has 0 radical (unpaired) electrons. The second kappa shape index (κ2) is 10.5. The van der Waals surface area contributed by atoms with Gasteiger partial charge in [-0.1, -0.05) is 35.9 Å². The van der Waals surface area contributed by atoms with Crippen LogP contribution in [0.15, 0.2) is 36.4 Å². The van der Waals surface area contributed by atoms with Gasteiger partial charge in [-0.3, -0.25) is 9.59 Å². The highest BCUT2D eigenvalue weighted by Crippen LogP contribution is 2.28. The molecule has 0 spiro atoms. The lowest BCUT2D eigenvalue weighted by molar-refractivity contribution is -0.135. The van der Waals surface area contributed by atoms with E-state index in [0.29, 0.717) is 11.5 Å². The maximum Gasteiger partial charge on any atom is 0.260 e. The first-order chi connectivity index (χ1) is 14.2. The molecule has 0 saturated carbocycles. The van der Waals surface area contributed by atoms with Crippen LogP contribution in [-0.4, -0.2) is 44.0 Å². The quantitative estimate of drug-likeness (QED) is 0.711. The lowest BCUT2D eigenvalue weighted by Gasteiger charge is -2.19. The molecule has 30 heavy (non-hydrogen) atoms. The summed E-state index contributed by atoms with van der Waals surface area (Å²) in [6.45, 7) is 7.60. The fourth-order valence-electron chi connectivity index (χ4n) is 3.21. The van der Waals surface area contributed by atoms with Crippen molar-refractivity contribution >= 4 is 23.6 Å². The van der Waals surface area contributed by atoms with Gasteiger partial charge in [-0.15, -0.1) is 0 Å². The predicted molar refractivity (Wildman–Crippen MR) is 120 cm³/mol. The molecule has 0 unspecified atom stereocenters. The van der Waals surface area contributed by atoms with Crippen molar-refractivity contribution in [1.82, 2.24) is 4.90 Å². The van der Waals surface area contributed by atoms with E-state index in [4.69, 9.17) is 9.47 Å². The molecule has 160 valence electrons. The van der Waals surface area contributed by atoms with Gasteiger partial charge in [-0.2, -0.15) is 0 Å². The first-order valence-corrected chi connectivity index (χ1v) is 9.80. The number of benzene rings is 2. The van der Waals surface area contributed by atoms with Crippen LogP contribution in [0.4, 0.5) is 5.69 Å². The summed E-state index contributed by atoms with van der Waals surface area (Å²) < 4.78 is 11.0. The fourth-order valence-corrected chi connectivity index (χ4v) is 3.21. The molecule has 2 aromatic carbocycles. The summed E-state index contributed by atoms with van der Waals surface area (Å²) in [6, 6.07) is 9.51. The SMILES string of the molecule is C/C=C/c1ccc(OCC(=O)N(C)CC(=O)Nc2c(C)cc(C)cc2C)c(OC)c1. The van der Waals surface area contributed by atoms with Gasteiger partial charge in [0, 0.05) is 12.7 Å². The number of nitrogens with one attached hydrogen (secondary N) is 1. The molecule has 0 fully saturated rings. The van der Waals surface area contributed by atoms with E-state index in [1.807, 2.05) is 64.1 Å². The molecule has 2 amide bonds.